The second kappa shape index (κ2) is 10.3. The summed E-state index contributed by atoms with van der Waals surface area (Å²) in [7, 11) is 0. The average molecular weight is 405 g/mol. The average Bonchev–Trinajstić information content (AvgIpc) is 2.65. The molecule has 2 N–H and O–H groups in total. The molecule has 0 unspecified atom stereocenters. The molecule has 0 aliphatic carbocycles. The Kier molecular flexibility index (Phi) is 7.83. The molecular weight excluding hydrogens is 384 g/mol. The van der Waals surface area contributed by atoms with Crippen molar-refractivity contribution in [3.63, 3.8) is 0 Å². The van der Waals surface area contributed by atoms with Gasteiger partial charge in [0.25, 0.3) is 5.91 Å². The first kappa shape index (κ1) is 21.2. The predicted octanol–water partition coefficient (Wildman–Crippen LogP) is 3.04. The predicted molar refractivity (Wildman–Crippen MR) is 106 cm³/mol. The molecule has 0 radical (unpaired) electrons. The number of benzene rings is 2. The Morgan fingerprint density at radius 3 is 2.43 bits per heavy atom. The van der Waals surface area contributed by atoms with Crippen LogP contribution in [0.5, 0.6) is 5.75 Å². The lowest BCUT2D eigenvalue weighted by Crippen LogP contribution is -2.35. The minimum atomic E-state index is -0.473. The fourth-order valence-electron chi connectivity index (χ4n) is 2.12. The quantitative estimate of drug-likeness (QED) is 0.659. The molecule has 2 aromatic rings. The van der Waals surface area contributed by atoms with Crippen molar-refractivity contribution in [1.82, 2.24) is 5.32 Å². The minimum Gasteiger partial charge on any atom is -0.484 e. The highest BCUT2D eigenvalue weighted by atomic mass is 35.5. The van der Waals surface area contributed by atoms with Crippen LogP contribution in [0, 0.1) is 0 Å². The highest BCUT2D eigenvalue weighted by molar-refractivity contribution is 6.30. The molecule has 0 saturated carbocycles. The highest BCUT2D eigenvalue weighted by Gasteiger charge is 2.11. The van der Waals surface area contributed by atoms with Crippen molar-refractivity contribution in [2.24, 2.45) is 0 Å². The molecule has 0 aliphatic heterocycles. The number of carbonyl (C=O) groups is 3. The van der Waals surface area contributed by atoms with Gasteiger partial charge in [-0.2, -0.15) is 0 Å². The van der Waals surface area contributed by atoms with Crippen molar-refractivity contribution >= 4 is 35.1 Å². The number of hydrogen-bond donors (Lipinski definition) is 2. The summed E-state index contributed by atoms with van der Waals surface area (Å²) in [5.74, 6) is -0.860. The van der Waals surface area contributed by atoms with Crippen LogP contribution in [0.3, 0.4) is 0 Å². The highest BCUT2D eigenvalue weighted by Crippen LogP contribution is 2.15. The maximum Gasteiger partial charge on any atom is 0.338 e. The molecule has 0 aromatic heterocycles. The summed E-state index contributed by atoms with van der Waals surface area (Å²) in [5, 5.41) is 5.63. The van der Waals surface area contributed by atoms with Crippen LogP contribution in [0.2, 0.25) is 5.02 Å². The van der Waals surface area contributed by atoms with E-state index in [2.05, 4.69) is 10.6 Å². The Hall–Kier alpha value is -3.06. The lowest BCUT2D eigenvalue weighted by atomic mass is 10.2. The zero-order valence-electron chi connectivity index (χ0n) is 15.5. The van der Waals surface area contributed by atoms with E-state index in [1.54, 1.807) is 56.3 Å². The van der Waals surface area contributed by atoms with Gasteiger partial charge in [-0.1, -0.05) is 17.7 Å². The summed E-state index contributed by atoms with van der Waals surface area (Å²) in [6, 6.07) is 12.9. The van der Waals surface area contributed by atoms with Crippen molar-refractivity contribution in [2.75, 3.05) is 18.5 Å². The smallest absolute Gasteiger partial charge is 0.338 e. The number of halogens is 1. The van der Waals surface area contributed by atoms with Gasteiger partial charge in [-0.05, 0) is 56.3 Å². The van der Waals surface area contributed by atoms with Crippen LogP contribution in [0.4, 0.5) is 5.69 Å². The lowest BCUT2D eigenvalue weighted by Gasteiger charge is -2.10. The summed E-state index contributed by atoms with van der Waals surface area (Å²) in [5.41, 5.74) is 0.752. The summed E-state index contributed by atoms with van der Waals surface area (Å²) in [6.45, 7) is 3.04. The number of ether oxygens (including phenoxy) is 2. The normalized spacial score (nSPS) is 10.3. The first-order valence-corrected chi connectivity index (χ1v) is 8.97. The summed E-state index contributed by atoms with van der Waals surface area (Å²) in [4.78, 5) is 35.7. The Labute approximate surface area is 168 Å². The maximum atomic E-state index is 12.0. The number of anilines is 1. The fourth-order valence-corrected chi connectivity index (χ4v) is 2.25. The van der Waals surface area contributed by atoms with Crippen LogP contribution in [0.1, 0.15) is 24.2 Å². The molecular formula is C20H21ClN2O5. The van der Waals surface area contributed by atoms with Crippen molar-refractivity contribution in [3.05, 3.63) is 59.1 Å². The van der Waals surface area contributed by atoms with E-state index in [0.29, 0.717) is 22.0 Å². The molecule has 2 aromatic carbocycles. The van der Waals surface area contributed by atoms with Gasteiger partial charge in [0.1, 0.15) is 5.75 Å². The molecule has 0 aliphatic rings. The van der Waals surface area contributed by atoms with E-state index in [4.69, 9.17) is 21.1 Å². The Balaban J connectivity index is 1.78. The molecule has 0 bridgehead atoms. The van der Waals surface area contributed by atoms with Gasteiger partial charge in [0, 0.05) is 10.7 Å². The summed E-state index contributed by atoms with van der Waals surface area (Å²) >= 11 is 5.77. The standard InChI is InChI=1S/C20H21ClN2O5/c1-13(2)28-20(26)14-4-3-5-16(10-14)23-18(24)11-22-19(25)12-27-17-8-6-15(21)7-9-17/h3-10,13H,11-12H2,1-2H3,(H,22,25)(H,23,24). The van der Waals surface area contributed by atoms with Crippen molar-refractivity contribution in [1.29, 1.82) is 0 Å². The molecule has 7 nitrogen and oxygen atoms in total. The van der Waals surface area contributed by atoms with Crippen molar-refractivity contribution < 1.29 is 23.9 Å². The third-order valence-electron chi connectivity index (χ3n) is 3.35. The Morgan fingerprint density at radius 1 is 1.04 bits per heavy atom. The molecule has 8 heteroatoms. The topological polar surface area (TPSA) is 93.7 Å². The lowest BCUT2D eigenvalue weighted by molar-refractivity contribution is -0.125. The van der Waals surface area contributed by atoms with Gasteiger partial charge in [-0.25, -0.2) is 4.79 Å². The molecule has 2 amide bonds. The molecule has 28 heavy (non-hydrogen) atoms. The van der Waals surface area contributed by atoms with Gasteiger partial charge in [-0.15, -0.1) is 0 Å². The Bertz CT molecular complexity index is 837. The largest absolute Gasteiger partial charge is 0.484 e. The minimum absolute atomic E-state index is 0.231. The number of rotatable bonds is 8. The monoisotopic (exact) mass is 404 g/mol. The third-order valence-corrected chi connectivity index (χ3v) is 3.61. The summed E-state index contributed by atoms with van der Waals surface area (Å²) in [6.07, 6.45) is -0.240. The molecule has 0 saturated heterocycles. The first-order valence-electron chi connectivity index (χ1n) is 8.59. The van der Waals surface area contributed by atoms with Crippen LogP contribution in [0.15, 0.2) is 48.5 Å². The number of carbonyl (C=O) groups excluding carboxylic acids is 3. The van der Waals surface area contributed by atoms with Gasteiger partial charge >= 0.3 is 5.97 Å². The zero-order valence-corrected chi connectivity index (χ0v) is 16.3. The maximum absolute atomic E-state index is 12.0. The molecule has 0 spiro atoms. The van der Waals surface area contributed by atoms with Gasteiger partial charge < -0.3 is 20.1 Å². The Morgan fingerprint density at radius 2 is 1.75 bits per heavy atom. The number of nitrogens with one attached hydrogen (secondary N) is 2. The van der Waals surface area contributed by atoms with Gasteiger partial charge in [0.2, 0.25) is 5.91 Å². The fraction of sp³-hybridized carbons (Fsp3) is 0.250. The second-order valence-corrected chi connectivity index (χ2v) is 6.54. The van der Waals surface area contributed by atoms with E-state index in [-0.39, 0.29) is 19.3 Å². The van der Waals surface area contributed by atoms with Crippen LogP contribution < -0.4 is 15.4 Å². The van der Waals surface area contributed by atoms with Crippen molar-refractivity contribution in [3.8, 4) is 5.75 Å². The van der Waals surface area contributed by atoms with E-state index in [1.807, 2.05) is 0 Å². The van der Waals surface area contributed by atoms with Crippen LogP contribution in [-0.4, -0.2) is 37.0 Å². The third kappa shape index (κ3) is 7.28. The number of amides is 2. The second-order valence-electron chi connectivity index (χ2n) is 6.10. The van der Waals surface area contributed by atoms with E-state index < -0.39 is 17.8 Å². The van der Waals surface area contributed by atoms with Crippen LogP contribution in [-0.2, 0) is 14.3 Å². The molecule has 0 fully saturated rings. The van der Waals surface area contributed by atoms with Crippen LogP contribution in [0.25, 0.3) is 0 Å². The van der Waals surface area contributed by atoms with Gasteiger partial charge in [0.05, 0.1) is 18.2 Å². The van der Waals surface area contributed by atoms with E-state index >= 15 is 0 Å². The van der Waals surface area contributed by atoms with E-state index in [0.717, 1.165) is 0 Å². The first-order chi connectivity index (χ1) is 13.3. The molecule has 2 rings (SSSR count). The van der Waals surface area contributed by atoms with Gasteiger partial charge in [-0.3, -0.25) is 9.59 Å². The number of esters is 1. The number of hydrogen-bond acceptors (Lipinski definition) is 5. The SMILES string of the molecule is CC(C)OC(=O)c1cccc(NC(=O)CNC(=O)COc2ccc(Cl)cc2)c1. The molecule has 0 atom stereocenters. The molecule has 148 valence electrons. The van der Waals surface area contributed by atoms with E-state index in [1.165, 1.54) is 6.07 Å². The zero-order chi connectivity index (χ0) is 20.5. The van der Waals surface area contributed by atoms with Crippen molar-refractivity contribution in [2.45, 2.75) is 20.0 Å². The van der Waals surface area contributed by atoms with Gasteiger partial charge in [0.15, 0.2) is 6.61 Å². The molecule has 0 heterocycles. The van der Waals surface area contributed by atoms with Crippen LogP contribution >= 0.6 is 11.6 Å². The van der Waals surface area contributed by atoms with E-state index in [9.17, 15) is 14.4 Å². The summed E-state index contributed by atoms with van der Waals surface area (Å²) < 4.78 is 10.4.